The lowest BCUT2D eigenvalue weighted by Gasteiger charge is -2.38. The lowest BCUT2D eigenvalue weighted by Crippen LogP contribution is -2.33. The quantitative estimate of drug-likeness (QED) is 0.841. The third-order valence-electron chi connectivity index (χ3n) is 3.99. The molecule has 18 heavy (non-hydrogen) atoms. The van der Waals surface area contributed by atoms with Crippen molar-refractivity contribution in [1.82, 2.24) is 9.97 Å². The van der Waals surface area contributed by atoms with Crippen molar-refractivity contribution in [3.8, 4) is 0 Å². The van der Waals surface area contributed by atoms with Crippen LogP contribution in [0.3, 0.4) is 0 Å². The number of aromatic nitrogens is 2. The van der Waals surface area contributed by atoms with Crippen molar-refractivity contribution in [2.75, 3.05) is 24.2 Å². The molecule has 0 aliphatic heterocycles. The van der Waals surface area contributed by atoms with Crippen LogP contribution in [0.4, 0.5) is 11.6 Å². The number of nitrogens with one attached hydrogen (secondary N) is 2. The van der Waals surface area contributed by atoms with Crippen molar-refractivity contribution in [2.24, 2.45) is 5.41 Å². The molecular weight excluding hydrogens is 224 g/mol. The second kappa shape index (κ2) is 5.12. The van der Waals surface area contributed by atoms with Crippen LogP contribution in [0.25, 0.3) is 0 Å². The van der Waals surface area contributed by atoms with Gasteiger partial charge in [0.1, 0.15) is 17.5 Å². The summed E-state index contributed by atoms with van der Waals surface area (Å²) in [6.07, 6.45) is 4.87. The first-order chi connectivity index (χ1) is 8.58. The Morgan fingerprint density at radius 1 is 1.22 bits per heavy atom. The van der Waals surface area contributed by atoms with E-state index in [0.717, 1.165) is 36.0 Å². The largest absolute Gasteiger partial charge is 0.373 e. The molecule has 1 aliphatic carbocycles. The standard InChI is InChI=1S/C14H24N4/c1-5-11-17-12(15-4)10(2)13(18-11)16-9-14(3)7-6-8-14/h5-9H2,1-4H3,(H2,15,16,17,18). The first-order valence-corrected chi connectivity index (χ1v) is 6.87. The van der Waals surface area contributed by atoms with Gasteiger partial charge in [0.2, 0.25) is 0 Å². The van der Waals surface area contributed by atoms with E-state index in [1.54, 1.807) is 0 Å². The molecule has 0 radical (unpaired) electrons. The van der Waals surface area contributed by atoms with E-state index in [1.807, 2.05) is 7.05 Å². The summed E-state index contributed by atoms with van der Waals surface area (Å²) in [6, 6.07) is 0. The fourth-order valence-corrected chi connectivity index (χ4v) is 2.39. The summed E-state index contributed by atoms with van der Waals surface area (Å²) in [7, 11) is 1.91. The molecule has 0 saturated heterocycles. The van der Waals surface area contributed by atoms with Gasteiger partial charge in [-0.05, 0) is 25.2 Å². The van der Waals surface area contributed by atoms with E-state index in [2.05, 4.69) is 41.4 Å². The minimum atomic E-state index is 0.462. The van der Waals surface area contributed by atoms with Crippen LogP contribution >= 0.6 is 0 Å². The predicted octanol–water partition coefficient (Wildman–Crippen LogP) is 2.99. The molecular formula is C14H24N4. The average Bonchev–Trinajstić information content (AvgIpc) is 2.35. The lowest BCUT2D eigenvalue weighted by molar-refractivity contribution is 0.180. The van der Waals surface area contributed by atoms with Crippen LogP contribution in [0.15, 0.2) is 0 Å². The Bertz CT molecular complexity index is 424. The summed E-state index contributed by atoms with van der Waals surface area (Å²) in [5.74, 6) is 2.81. The Hall–Kier alpha value is -1.32. The van der Waals surface area contributed by atoms with Crippen molar-refractivity contribution in [3.63, 3.8) is 0 Å². The maximum atomic E-state index is 4.60. The first-order valence-electron chi connectivity index (χ1n) is 6.87. The van der Waals surface area contributed by atoms with Crippen molar-refractivity contribution in [1.29, 1.82) is 0 Å². The molecule has 1 saturated carbocycles. The fourth-order valence-electron chi connectivity index (χ4n) is 2.39. The van der Waals surface area contributed by atoms with Gasteiger partial charge in [0, 0.05) is 25.6 Å². The van der Waals surface area contributed by atoms with E-state index in [9.17, 15) is 0 Å². The SMILES string of the molecule is CCc1nc(NC)c(C)c(NCC2(C)CCC2)n1. The van der Waals surface area contributed by atoms with Crippen LogP contribution in [0.1, 0.15) is 44.5 Å². The van der Waals surface area contributed by atoms with Gasteiger partial charge in [0.25, 0.3) is 0 Å². The van der Waals surface area contributed by atoms with Gasteiger partial charge in [-0.25, -0.2) is 9.97 Å². The number of aryl methyl sites for hydroxylation is 1. The second-order valence-corrected chi connectivity index (χ2v) is 5.58. The van der Waals surface area contributed by atoms with E-state index < -0.39 is 0 Å². The third-order valence-corrected chi connectivity index (χ3v) is 3.99. The molecule has 0 atom stereocenters. The van der Waals surface area contributed by atoms with Gasteiger partial charge in [-0.2, -0.15) is 0 Å². The number of rotatable bonds is 5. The van der Waals surface area contributed by atoms with Crippen molar-refractivity contribution < 1.29 is 0 Å². The Morgan fingerprint density at radius 2 is 1.89 bits per heavy atom. The average molecular weight is 248 g/mol. The molecule has 0 unspecified atom stereocenters. The highest BCUT2D eigenvalue weighted by atomic mass is 15.1. The van der Waals surface area contributed by atoms with E-state index in [0.29, 0.717) is 5.41 Å². The Kier molecular flexibility index (Phi) is 3.73. The Morgan fingerprint density at radius 3 is 2.39 bits per heavy atom. The highest BCUT2D eigenvalue weighted by Gasteiger charge is 2.31. The smallest absolute Gasteiger partial charge is 0.134 e. The Balaban J connectivity index is 2.15. The maximum Gasteiger partial charge on any atom is 0.134 e. The predicted molar refractivity (Wildman–Crippen MR) is 76.1 cm³/mol. The van der Waals surface area contributed by atoms with Crippen LogP contribution in [0.2, 0.25) is 0 Å². The molecule has 0 aromatic carbocycles. The number of hydrogen-bond donors (Lipinski definition) is 2. The molecule has 0 amide bonds. The zero-order valence-corrected chi connectivity index (χ0v) is 11.9. The lowest BCUT2D eigenvalue weighted by atomic mass is 9.70. The van der Waals surface area contributed by atoms with Gasteiger partial charge < -0.3 is 10.6 Å². The van der Waals surface area contributed by atoms with Crippen LogP contribution in [0, 0.1) is 12.3 Å². The summed E-state index contributed by atoms with van der Waals surface area (Å²) in [5, 5.41) is 6.66. The monoisotopic (exact) mass is 248 g/mol. The second-order valence-electron chi connectivity index (χ2n) is 5.58. The number of hydrogen-bond acceptors (Lipinski definition) is 4. The number of nitrogens with zero attached hydrogens (tertiary/aromatic N) is 2. The third kappa shape index (κ3) is 2.57. The van der Waals surface area contributed by atoms with E-state index in [-0.39, 0.29) is 0 Å². The molecule has 2 N–H and O–H groups in total. The highest BCUT2D eigenvalue weighted by molar-refractivity contribution is 5.57. The van der Waals surface area contributed by atoms with Gasteiger partial charge in [-0.3, -0.25) is 0 Å². The van der Waals surface area contributed by atoms with Crippen molar-refractivity contribution >= 4 is 11.6 Å². The van der Waals surface area contributed by atoms with Gasteiger partial charge in [-0.15, -0.1) is 0 Å². The van der Waals surface area contributed by atoms with Crippen LogP contribution < -0.4 is 10.6 Å². The zero-order valence-electron chi connectivity index (χ0n) is 11.9. The van der Waals surface area contributed by atoms with Crippen molar-refractivity contribution in [3.05, 3.63) is 11.4 Å². The molecule has 0 bridgehead atoms. The summed E-state index contributed by atoms with van der Waals surface area (Å²) in [6.45, 7) is 7.51. The highest BCUT2D eigenvalue weighted by Crippen LogP contribution is 2.40. The minimum Gasteiger partial charge on any atom is -0.373 e. The topological polar surface area (TPSA) is 49.8 Å². The van der Waals surface area contributed by atoms with Crippen LogP contribution in [-0.2, 0) is 6.42 Å². The van der Waals surface area contributed by atoms with Crippen LogP contribution in [-0.4, -0.2) is 23.6 Å². The molecule has 1 aromatic heterocycles. The molecule has 1 heterocycles. The summed E-state index contributed by atoms with van der Waals surface area (Å²) < 4.78 is 0. The Labute approximate surface area is 110 Å². The van der Waals surface area contributed by atoms with Gasteiger partial charge in [0.15, 0.2) is 0 Å². The summed E-state index contributed by atoms with van der Waals surface area (Å²) >= 11 is 0. The molecule has 100 valence electrons. The van der Waals surface area contributed by atoms with Crippen molar-refractivity contribution in [2.45, 2.75) is 46.5 Å². The molecule has 2 rings (SSSR count). The first kappa shape index (κ1) is 13.1. The molecule has 1 aliphatic rings. The number of anilines is 2. The molecule has 1 fully saturated rings. The van der Waals surface area contributed by atoms with E-state index >= 15 is 0 Å². The summed E-state index contributed by atoms with van der Waals surface area (Å²) in [4.78, 5) is 9.08. The normalized spacial score (nSPS) is 17.1. The molecule has 4 heteroatoms. The molecule has 4 nitrogen and oxygen atoms in total. The fraction of sp³-hybridized carbons (Fsp3) is 0.714. The van der Waals surface area contributed by atoms with Gasteiger partial charge in [-0.1, -0.05) is 20.3 Å². The zero-order chi connectivity index (χ0) is 13.2. The van der Waals surface area contributed by atoms with E-state index in [1.165, 1.54) is 19.3 Å². The van der Waals surface area contributed by atoms with Gasteiger partial charge >= 0.3 is 0 Å². The molecule has 0 spiro atoms. The summed E-state index contributed by atoms with van der Waals surface area (Å²) in [5.41, 5.74) is 1.57. The van der Waals surface area contributed by atoms with Crippen LogP contribution in [0.5, 0.6) is 0 Å². The molecule has 1 aromatic rings. The maximum absolute atomic E-state index is 4.60. The van der Waals surface area contributed by atoms with E-state index in [4.69, 9.17) is 0 Å². The van der Waals surface area contributed by atoms with Gasteiger partial charge in [0.05, 0.1) is 0 Å². The minimum absolute atomic E-state index is 0.462.